The topological polar surface area (TPSA) is 58.2 Å². The van der Waals surface area contributed by atoms with Gasteiger partial charge in [0.15, 0.2) is 0 Å². The quantitative estimate of drug-likeness (QED) is 0.781. The molecule has 2 aliphatic rings. The largest absolute Gasteiger partial charge is 0.316 e. The van der Waals surface area contributed by atoms with Gasteiger partial charge >= 0.3 is 0 Å². The summed E-state index contributed by atoms with van der Waals surface area (Å²) in [6, 6.07) is 0. The second kappa shape index (κ2) is 6.55. The highest BCUT2D eigenvalue weighted by Gasteiger charge is 2.29. The number of nitrogens with one attached hydrogen (secondary N) is 2. The molecule has 0 bridgehead atoms. The number of piperidine rings is 1. The van der Waals surface area contributed by atoms with Gasteiger partial charge in [-0.1, -0.05) is 19.8 Å². The summed E-state index contributed by atoms with van der Waals surface area (Å²) in [5.41, 5.74) is 0.0882. The summed E-state index contributed by atoms with van der Waals surface area (Å²) in [5.74, 6) is 0.986. The van der Waals surface area contributed by atoms with E-state index in [2.05, 4.69) is 17.0 Å². The van der Waals surface area contributed by atoms with E-state index in [1.807, 2.05) is 0 Å². The number of halogens is 1. The van der Waals surface area contributed by atoms with Crippen LogP contribution in [-0.4, -0.2) is 33.8 Å². The van der Waals surface area contributed by atoms with Crippen molar-refractivity contribution in [1.29, 1.82) is 0 Å². The van der Waals surface area contributed by atoms with Crippen LogP contribution >= 0.6 is 12.4 Å². The molecule has 0 aromatic carbocycles. The second-order valence-electron chi connectivity index (χ2n) is 5.96. The molecule has 1 aliphatic carbocycles. The van der Waals surface area contributed by atoms with Gasteiger partial charge in [0.2, 0.25) is 10.0 Å². The van der Waals surface area contributed by atoms with Gasteiger partial charge in [0.1, 0.15) is 0 Å². The molecule has 1 saturated heterocycles. The van der Waals surface area contributed by atoms with Crippen LogP contribution in [0.2, 0.25) is 0 Å². The van der Waals surface area contributed by atoms with Gasteiger partial charge in [0.25, 0.3) is 0 Å². The molecule has 1 atom stereocenters. The monoisotopic (exact) mass is 296 g/mol. The molecule has 4 nitrogen and oxygen atoms in total. The molecule has 2 fully saturated rings. The first-order chi connectivity index (χ1) is 7.99. The van der Waals surface area contributed by atoms with Gasteiger partial charge in [-0.05, 0) is 37.1 Å². The molecule has 0 aromatic heterocycles. The Kier molecular flexibility index (Phi) is 5.90. The molecule has 1 aliphatic heterocycles. The molecule has 1 unspecified atom stereocenters. The van der Waals surface area contributed by atoms with E-state index in [1.54, 1.807) is 0 Å². The predicted molar refractivity (Wildman–Crippen MR) is 76.6 cm³/mol. The van der Waals surface area contributed by atoms with Gasteiger partial charge in [-0.2, -0.15) is 0 Å². The molecule has 1 saturated carbocycles. The van der Waals surface area contributed by atoms with E-state index < -0.39 is 10.0 Å². The third-order valence-corrected chi connectivity index (χ3v) is 5.25. The lowest BCUT2D eigenvalue weighted by molar-refractivity contribution is 0.238. The summed E-state index contributed by atoms with van der Waals surface area (Å²) < 4.78 is 26.4. The normalized spacial score (nSPS) is 28.7. The summed E-state index contributed by atoms with van der Waals surface area (Å²) in [6.45, 7) is 4.71. The van der Waals surface area contributed by atoms with Gasteiger partial charge in [0.05, 0.1) is 5.75 Å². The molecule has 1 heterocycles. The minimum Gasteiger partial charge on any atom is -0.316 e. The van der Waals surface area contributed by atoms with Crippen molar-refractivity contribution in [3.8, 4) is 0 Å². The predicted octanol–water partition coefficient (Wildman–Crippen LogP) is 1.52. The van der Waals surface area contributed by atoms with E-state index in [4.69, 9.17) is 0 Å². The van der Waals surface area contributed by atoms with Crippen LogP contribution in [0, 0.1) is 11.3 Å². The standard InChI is InChI=1S/C12H24N2O2S.ClH/c1-12(6-2-7-13-9-12)10-14-17(15,16)8-5-11-3-4-11;/h11,13-14H,2-10H2,1H3;1H. The van der Waals surface area contributed by atoms with Crippen LogP contribution in [0.1, 0.15) is 39.0 Å². The third kappa shape index (κ3) is 5.43. The van der Waals surface area contributed by atoms with Crippen molar-refractivity contribution in [3.63, 3.8) is 0 Å². The van der Waals surface area contributed by atoms with E-state index in [9.17, 15) is 8.42 Å². The van der Waals surface area contributed by atoms with Crippen molar-refractivity contribution in [3.05, 3.63) is 0 Å². The molecule has 0 aromatic rings. The first kappa shape index (κ1) is 16.2. The van der Waals surface area contributed by atoms with Crippen LogP contribution in [0.5, 0.6) is 0 Å². The van der Waals surface area contributed by atoms with Crippen molar-refractivity contribution < 1.29 is 8.42 Å². The van der Waals surface area contributed by atoms with E-state index in [-0.39, 0.29) is 17.8 Å². The van der Waals surface area contributed by atoms with Gasteiger partial charge in [0, 0.05) is 13.1 Å². The zero-order chi connectivity index (χ0) is 12.4. The molecule has 0 spiro atoms. The van der Waals surface area contributed by atoms with E-state index in [0.29, 0.717) is 18.2 Å². The highest BCUT2D eigenvalue weighted by Crippen LogP contribution is 2.32. The maximum Gasteiger partial charge on any atom is 0.211 e. The van der Waals surface area contributed by atoms with Crippen LogP contribution in [-0.2, 0) is 10.0 Å². The lowest BCUT2D eigenvalue weighted by Crippen LogP contribution is -2.46. The Labute approximate surface area is 117 Å². The van der Waals surface area contributed by atoms with Crippen LogP contribution < -0.4 is 10.0 Å². The average Bonchev–Trinajstić information content (AvgIpc) is 3.09. The van der Waals surface area contributed by atoms with Crippen LogP contribution in [0.25, 0.3) is 0 Å². The Hall–Kier alpha value is 0.160. The fourth-order valence-corrected chi connectivity index (χ4v) is 3.71. The van der Waals surface area contributed by atoms with Gasteiger partial charge in [-0.25, -0.2) is 13.1 Å². The molecular formula is C12H25ClN2O2S. The van der Waals surface area contributed by atoms with E-state index in [0.717, 1.165) is 32.4 Å². The second-order valence-corrected chi connectivity index (χ2v) is 7.89. The highest BCUT2D eigenvalue weighted by molar-refractivity contribution is 7.89. The van der Waals surface area contributed by atoms with Gasteiger partial charge < -0.3 is 5.32 Å². The summed E-state index contributed by atoms with van der Waals surface area (Å²) in [5, 5.41) is 3.34. The summed E-state index contributed by atoms with van der Waals surface area (Å²) in [6.07, 6.45) is 5.52. The molecule has 0 radical (unpaired) electrons. The first-order valence-corrected chi connectivity index (χ1v) is 8.32. The van der Waals surface area contributed by atoms with Crippen LogP contribution in [0.4, 0.5) is 0 Å². The van der Waals surface area contributed by atoms with Crippen molar-refractivity contribution in [2.24, 2.45) is 11.3 Å². The SMILES string of the molecule is CC1(CNS(=O)(=O)CCC2CC2)CCCNC1.Cl. The number of hydrogen-bond acceptors (Lipinski definition) is 3. The zero-order valence-electron chi connectivity index (χ0n) is 11.1. The maximum absolute atomic E-state index is 11.8. The van der Waals surface area contributed by atoms with Crippen molar-refractivity contribution >= 4 is 22.4 Å². The highest BCUT2D eigenvalue weighted by atomic mass is 35.5. The number of sulfonamides is 1. The summed E-state index contributed by atoms with van der Waals surface area (Å²) in [4.78, 5) is 0. The van der Waals surface area contributed by atoms with Crippen LogP contribution in [0.3, 0.4) is 0 Å². The summed E-state index contributed by atoms with van der Waals surface area (Å²) >= 11 is 0. The van der Waals surface area contributed by atoms with Crippen molar-refractivity contribution in [2.45, 2.75) is 39.0 Å². The van der Waals surface area contributed by atoms with Gasteiger partial charge in [-0.15, -0.1) is 12.4 Å². The molecule has 0 amide bonds. The fourth-order valence-electron chi connectivity index (χ4n) is 2.35. The Balaban J connectivity index is 0.00000162. The smallest absolute Gasteiger partial charge is 0.211 e. The summed E-state index contributed by atoms with van der Waals surface area (Å²) in [7, 11) is -3.05. The molecule has 18 heavy (non-hydrogen) atoms. The molecule has 6 heteroatoms. The third-order valence-electron chi connectivity index (χ3n) is 3.90. The Morgan fingerprint density at radius 3 is 2.67 bits per heavy atom. The van der Waals surface area contributed by atoms with E-state index >= 15 is 0 Å². The Bertz CT molecular complexity index is 349. The Morgan fingerprint density at radius 2 is 2.11 bits per heavy atom. The number of rotatable bonds is 6. The molecule has 108 valence electrons. The molecular weight excluding hydrogens is 272 g/mol. The zero-order valence-corrected chi connectivity index (χ0v) is 12.7. The maximum atomic E-state index is 11.8. The molecule has 2 N–H and O–H groups in total. The van der Waals surface area contributed by atoms with Crippen molar-refractivity contribution in [1.82, 2.24) is 10.0 Å². The Morgan fingerprint density at radius 1 is 1.39 bits per heavy atom. The lowest BCUT2D eigenvalue weighted by atomic mass is 9.83. The molecule has 2 rings (SSSR count). The average molecular weight is 297 g/mol. The van der Waals surface area contributed by atoms with Crippen LogP contribution in [0.15, 0.2) is 0 Å². The minimum atomic E-state index is -3.05. The fraction of sp³-hybridized carbons (Fsp3) is 1.00. The number of hydrogen-bond donors (Lipinski definition) is 2. The van der Waals surface area contributed by atoms with Crippen molar-refractivity contribution in [2.75, 3.05) is 25.4 Å². The first-order valence-electron chi connectivity index (χ1n) is 6.67. The lowest BCUT2D eigenvalue weighted by Gasteiger charge is -2.34. The minimum absolute atomic E-state index is 0. The van der Waals surface area contributed by atoms with Gasteiger partial charge in [-0.3, -0.25) is 0 Å². The van der Waals surface area contributed by atoms with E-state index in [1.165, 1.54) is 12.8 Å².